The highest BCUT2D eigenvalue weighted by Crippen LogP contribution is 2.28. The summed E-state index contributed by atoms with van der Waals surface area (Å²) < 4.78 is 10.5. The molecule has 0 aliphatic carbocycles. The summed E-state index contributed by atoms with van der Waals surface area (Å²) in [4.78, 5) is 23.6. The molecule has 0 saturated carbocycles. The van der Waals surface area contributed by atoms with Gasteiger partial charge in [-0.2, -0.15) is 0 Å². The highest BCUT2D eigenvalue weighted by atomic mass is 35.5. The molecule has 0 radical (unpaired) electrons. The summed E-state index contributed by atoms with van der Waals surface area (Å²) in [6.07, 6.45) is -1.37. The normalized spacial score (nSPS) is 11.3. The van der Waals surface area contributed by atoms with Gasteiger partial charge in [0.1, 0.15) is 12.4 Å². The topological polar surface area (TPSA) is 76.7 Å². The number of carbonyl (C=O) groups excluding carboxylic acids is 2. The lowest BCUT2D eigenvalue weighted by molar-refractivity contribution is -0.127. The van der Waals surface area contributed by atoms with Crippen LogP contribution in [0.2, 0.25) is 10.0 Å². The number of ether oxygens (including phenoxy) is 2. The molecule has 0 aliphatic rings. The molecule has 26 heavy (non-hydrogen) atoms. The predicted octanol–water partition coefficient (Wildman–Crippen LogP) is 4.13. The maximum atomic E-state index is 12.0. The van der Waals surface area contributed by atoms with Crippen LogP contribution in [0.1, 0.15) is 6.92 Å². The van der Waals surface area contributed by atoms with Gasteiger partial charge in [-0.3, -0.25) is 10.1 Å². The van der Waals surface area contributed by atoms with Crippen LogP contribution in [0.15, 0.2) is 48.5 Å². The second kappa shape index (κ2) is 9.89. The molecule has 0 spiro atoms. The maximum Gasteiger partial charge on any atom is 0.411 e. The van der Waals surface area contributed by atoms with Crippen molar-refractivity contribution in [2.45, 2.75) is 13.0 Å². The largest absolute Gasteiger partial charge is 0.479 e. The van der Waals surface area contributed by atoms with Crippen molar-refractivity contribution in [3.8, 4) is 5.75 Å². The molecule has 8 heteroatoms. The van der Waals surface area contributed by atoms with Crippen LogP contribution in [0, 0.1) is 0 Å². The fourth-order valence-electron chi connectivity index (χ4n) is 1.95. The highest BCUT2D eigenvalue weighted by molar-refractivity contribution is 6.35. The van der Waals surface area contributed by atoms with Gasteiger partial charge in [-0.15, -0.1) is 0 Å². The zero-order valence-corrected chi connectivity index (χ0v) is 15.5. The van der Waals surface area contributed by atoms with Crippen molar-refractivity contribution in [2.75, 3.05) is 18.5 Å². The number of rotatable bonds is 7. The second-order valence-corrected chi connectivity index (χ2v) is 6.10. The van der Waals surface area contributed by atoms with Crippen molar-refractivity contribution in [3.63, 3.8) is 0 Å². The number of carbonyl (C=O) groups is 2. The van der Waals surface area contributed by atoms with E-state index in [2.05, 4.69) is 10.6 Å². The Morgan fingerprint density at radius 2 is 1.85 bits per heavy atom. The average Bonchev–Trinajstić information content (AvgIpc) is 2.61. The molecule has 0 unspecified atom stereocenters. The van der Waals surface area contributed by atoms with Gasteiger partial charge in [-0.1, -0.05) is 41.4 Å². The Balaban J connectivity index is 1.68. The van der Waals surface area contributed by atoms with Crippen molar-refractivity contribution in [1.29, 1.82) is 0 Å². The minimum atomic E-state index is -0.771. The number of hydrogen-bond acceptors (Lipinski definition) is 4. The summed E-state index contributed by atoms with van der Waals surface area (Å²) in [7, 11) is 0. The smallest absolute Gasteiger partial charge is 0.411 e. The van der Waals surface area contributed by atoms with E-state index in [0.717, 1.165) is 0 Å². The minimum Gasteiger partial charge on any atom is -0.479 e. The molecule has 0 aliphatic heterocycles. The Hall–Kier alpha value is -2.44. The molecule has 1 atom stereocenters. The third-order valence-corrected chi connectivity index (χ3v) is 3.75. The molecule has 0 fully saturated rings. The van der Waals surface area contributed by atoms with Crippen molar-refractivity contribution in [3.05, 3.63) is 58.6 Å². The van der Waals surface area contributed by atoms with Gasteiger partial charge in [0.15, 0.2) is 6.10 Å². The van der Waals surface area contributed by atoms with E-state index in [1.807, 2.05) is 6.07 Å². The summed E-state index contributed by atoms with van der Waals surface area (Å²) in [5.41, 5.74) is 0.628. The number of anilines is 1. The number of hydrogen-bond donors (Lipinski definition) is 2. The molecular weight excluding hydrogens is 379 g/mol. The molecule has 2 rings (SSSR count). The van der Waals surface area contributed by atoms with E-state index >= 15 is 0 Å². The standard InChI is InChI=1S/C18H18Cl2N2O4/c1-12(26-16-8-7-13(19)11-15(16)20)17(23)21-9-10-25-18(24)22-14-5-3-2-4-6-14/h2-8,11-12H,9-10H2,1H3,(H,21,23)(H,22,24)/t12-/m1/s1. The van der Waals surface area contributed by atoms with Crippen LogP contribution in [-0.4, -0.2) is 31.3 Å². The highest BCUT2D eigenvalue weighted by Gasteiger charge is 2.16. The van der Waals surface area contributed by atoms with Gasteiger partial charge in [-0.25, -0.2) is 4.79 Å². The van der Waals surface area contributed by atoms with Gasteiger partial charge in [0.2, 0.25) is 0 Å². The summed E-state index contributed by atoms with van der Waals surface area (Å²) in [5.74, 6) is 0.000268. The molecule has 2 aromatic rings. The van der Waals surface area contributed by atoms with E-state index in [0.29, 0.717) is 21.5 Å². The zero-order valence-electron chi connectivity index (χ0n) is 14.0. The van der Waals surface area contributed by atoms with E-state index < -0.39 is 12.2 Å². The Labute approximate surface area is 161 Å². The molecular formula is C18H18Cl2N2O4. The quantitative estimate of drug-likeness (QED) is 0.689. The zero-order chi connectivity index (χ0) is 18.9. The lowest BCUT2D eigenvalue weighted by Gasteiger charge is -2.15. The van der Waals surface area contributed by atoms with Crippen LogP contribution in [-0.2, 0) is 9.53 Å². The van der Waals surface area contributed by atoms with Crippen LogP contribution in [0.5, 0.6) is 5.75 Å². The monoisotopic (exact) mass is 396 g/mol. The van der Waals surface area contributed by atoms with Gasteiger partial charge in [0.25, 0.3) is 5.91 Å². The summed E-state index contributed by atoms with van der Waals surface area (Å²) in [6.45, 7) is 1.77. The molecule has 138 valence electrons. The molecule has 0 aromatic heterocycles. The van der Waals surface area contributed by atoms with Crippen LogP contribution in [0.25, 0.3) is 0 Å². The van der Waals surface area contributed by atoms with E-state index in [-0.39, 0.29) is 19.1 Å². The molecule has 0 saturated heterocycles. The van der Waals surface area contributed by atoms with E-state index in [1.165, 1.54) is 6.07 Å². The number of halogens is 2. The fraction of sp³-hybridized carbons (Fsp3) is 0.222. The first-order chi connectivity index (χ1) is 12.5. The average molecular weight is 397 g/mol. The van der Waals surface area contributed by atoms with Crippen LogP contribution < -0.4 is 15.4 Å². The Morgan fingerprint density at radius 1 is 1.12 bits per heavy atom. The first-order valence-corrected chi connectivity index (χ1v) is 8.59. The first-order valence-electron chi connectivity index (χ1n) is 7.84. The van der Waals surface area contributed by atoms with Gasteiger partial charge < -0.3 is 14.8 Å². The van der Waals surface area contributed by atoms with Gasteiger partial charge in [0, 0.05) is 10.7 Å². The van der Waals surface area contributed by atoms with Gasteiger partial charge in [0.05, 0.1) is 11.6 Å². The van der Waals surface area contributed by atoms with Gasteiger partial charge in [-0.05, 0) is 37.3 Å². The number of para-hydroxylation sites is 1. The second-order valence-electron chi connectivity index (χ2n) is 5.25. The molecule has 2 amide bonds. The van der Waals surface area contributed by atoms with Crippen molar-refractivity contribution in [2.24, 2.45) is 0 Å². The number of amides is 2. The number of benzene rings is 2. The predicted molar refractivity (Wildman–Crippen MR) is 101 cm³/mol. The van der Waals surface area contributed by atoms with E-state index in [1.54, 1.807) is 43.3 Å². The fourth-order valence-corrected chi connectivity index (χ4v) is 2.40. The number of nitrogens with one attached hydrogen (secondary N) is 2. The summed E-state index contributed by atoms with van der Waals surface area (Å²) in [6, 6.07) is 13.6. The SMILES string of the molecule is C[C@@H](Oc1ccc(Cl)cc1Cl)C(=O)NCCOC(=O)Nc1ccccc1. The maximum absolute atomic E-state index is 12.0. The molecule has 0 heterocycles. The molecule has 6 nitrogen and oxygen atoms in total. The van der Waals surface area contributed by atoms with Crippen molar-refractivity contribution >= 4 is 40.9 Å². The third kappa shape index (κ3) is 6.46. The molecule has 0 bridgehead atoms. The van der Waals surface area contributed by atoms with Gasteiger partial charge >= 0.3 is 6.09 Å². The van der Waals surface area contributed by atoms with E-state index in [9.17, 15) is 9.59 Å². The Morgan fingerprint density at radius 3 is 2.54 bits per heavy atom. The third-order valence-electron chi connectivity index (χ3n) is 3.22. The van der Waals surface area contributed by atoms with E-state index in [4.69, 9.17) is 32.7 Å². The lowest BCUT2D eigenvalue weighted by atomic mass is 10.3. The van der Waals surface area contributed by atoms with Crippen LogP contribution in [0.4, 0.5) is 10.5 Å². The Kier molecular flexibility index (Phi) is 7.56. The summed E-state index contributed by atoms with van der Waals surface area (Å²) in [5, 5.41) is 5.98. The Bertz CT molecular complexity index is 756. The molecule has 2 N–H and O–H groups in total. The van der Waals surface area contributed by atoms with Crippen LogP contribution in [0.3, 0.4) is 0 Å². The summed E-state index contributed by atoms with van der Waals surface area (Å²) >= 11 is 11.8. The molecule has 2 aromatic carbocycles. The van der Waals surface area contributed by atoms with Crippen LogP contribution >= 0.6 is 23.2 Å². The van der Waals surface area contributed by atoms with Crippen molar-refractivity contribution < 1.29 is 19.1 Å². The lowest BCUT2D eigenvalue weighted by Crippen LogP contribution is -2.38. The first kappa shape index (κ1) is 19.9. The van der Waals surface area contributed by atoms with Crippen molar-refractivity contribution in [1.82, 2.24) is 5.32 Å². The minimum absolute atomic E-state index is 0.0266.